The molecule has 4 nitrogen and oxygen atoms in total. The van der Waals surface area contributed by atoms with E-state index in [4.69, 9.17) is 4.74 Å². The van der Waals surface area contributed by atoms with E-state index >= 15 is 0 Å². The van der Waals surface area contributed by atoms with E-state index in [-0.39, 0.29) is 11.4 Å². The Morgan fingerprint density at radius 3 is 2.89 bits per heavy atom. The van der Waals surface area contributed by atoms with E-state index in [1.165, 1.54) is 6.42 Å². The Balaban J connectivity index is 1.59. The highest BCUT2D eigenvalue weighted by molar-refractivity contribution is 5.76. The van der Waals surface area contributed by atoms with Crippen LogP contribution in [-0.4, -0.2) is 37.2 Å². The van der Waals surface area contributed by atoms with Crippen LogP contribution < -0.4 is 10.6 Å². The van der Waals surface area contributed by atoms with Crippen LogP contribution in [0.4, 0.5) is 0 Å². The maximum atomic E-state index is 11.8. The summed E-state index contributed by atoms with van der Waals surface area (Å²) in [5, 5.41) is 6.53. The maximum absolute atomic E-state index is 11.8. The fourth-order valence-corrected chi connectivity index (χ4v) is 2.95. The van der Waals surface area contributed by atoms with Crippen LogP contribution in [0.15, 0.2) is 0 Å². The number of rotatable bonds is 6. The fourth-order valence-electron chi connectivity index (χ4n) is 2.95. The van der Waals surface area contributed by atoms with Gasteiger partial charge < -0.3 is 15.4 Å². The lowest BCUT2D eigenvalue weighted by Gasteiger charge is -2.34. The molecule has 104 valence electrons. The smallest absolute Gasteiger partial charge is 0.220 e. The van der Waals surface area contributed by atoms with Gasteiger partial charge in [-0.1, -0.05) is 0 Å². The van der Waals surface area contributed by atoms with Crippen molar-refractivity contribution < 1.29 is 9.53 Å². The summed E-state index contributed by atoms with van der Waals surface area (Å²) in [7, 11) is 0. The van der Waals surface area contributed by atoms with Crippen LogP contribution in [0.5, 0.6) is 0 Å². The molecule has 2 rings (SSSR count). The van der Waals surface area contributed by atoms with Crippen molar-refractivity contribution in [3.8, 4) is 0 Å². The lowest BCUT2D eigenvalue weighted by atomic mass is 9.80. The van der Waals surface area contributed by atoms with Gasteiger partial charge in [0.15, 0.2) is 0 Å². The van der Waals surface area contributed by atoms with Gasteiger partial charge in [0.05, 0.1) is 6.10 Å². The molecule has 1 amide bonds. The zero-order valence-corrected chi connectivity index (χ0v) is 11.6. The first-order valence-electron chi connectivity index (χ1n) is 7.24. The summed E-state index contributed by atoms with van der Waals surface area (Å²) in [5.41, 5.74) is 0.114. The van der Waals surface area contributed by atoms with Gasteiger partial charge in [-0.05, 0) is 52.0 Å². The van der Waals surface area contributed by atoms with Crippen molar-refractivity contribution in [1.82, 2.24) is 10.6 Å². The zero-order chi connectivity index (χ0) is 13.0. The van der Waals surface area contributed by atoms with Crippen LogP contribution in [0.1, 0.15) is 46.0 Å². The van der Waals surface area contributed by atoms with E-state index in [9.17, 15) is 4.79 Å². The minimum atomic E-state index is 0.114. The molecule has 1 heterocycles. The van der Waals surface area contributed by atoms with Gasteiger partial charge >= 0.3 is 0 Å². The predicted molar refractivity (Wildman–Crippen MR) is 71.4 cm³/mol. The Morgan fingerprint density at radius 2 is 2.28 bits per heavy atom. The monoisotopic (exact) mass is 254 g/mol. The highest BCUT2D eigenvalue weighted by atomic mass is 16.5. The second kappa shape index (κ2) is 6.02. The van der Waals surface area contributed by atoms with Crippen LogP contribution in [0.25, 0.3) is 0 Å². The molecular weight excluding hydrogens is 228 g/mol. The van der Waals surface area contributed by atoms with Crippen molar-refractivity contribution in [3.05, 3.63) is 0 Å². The van der Waals surface area contributed by atoms with Crippen LogP contribution in [0.3, 0.4) is 0 Å². The molecule has 0 spiro atoms. The lowest BCUT2D eigenvalue weighted by Crippen LogP contribution is -2.48. The first-order chi connectivity index (χ1) is 8.61. The summed E-state index contributed by atoms with van der Waals surface area (Å²) >= 11 is 0. The minimum Gasteiger partial charge on any atom is -0.378 e. The summed E-state index contributed by atoms with van der Waals surface area (Å²) in [5.74, 6) is 0.732. The van der Waals surface area contributed by atoms with Crippen molar-refractivity contribution in [2.24, 2.45) is 5.92 Å². The molecule has 2 fully saturated rings. The third-order valence-electron chi connectivity index (χ3n) is 4.20. The van der Waals surface area contributed by atoms with Crippen LogP contribution in [0, 0.1) is 5.92 Å². The van der Waals surface area contributed by atoms with Gasteiger partial charge in [0.2, 0.25) is 5.91 Å². The standard InChI is InChI=1S/C14H26N2O2/c1-3-18-12-7-11(8-12)9-13(17)15-10-14(2)5-4-6-16-14/h11-12,16H,3-10H2,1-2H3,(H,15,17). The quantitative estimate of drug-likeness (QED) is 0.754. The average Bonchev–Trinajstić information content (AvgIpc) is 2.72. The SMILES string of the molecule is CCOC1CC(CC(=O)NCC2(C)CCCN2)C1. The van der Waals surface area contributed by atoms with Crippen molar-refractivity contribution in [1.29, 1.82) is 0 Å². The summed E-state index contributed by atoms with van der Waals surface area (Å²) in [6.07, 6.45) is 5.54. The Bertz CT molecular complexity index is 282. The number of hydrogen-bond acceptors (Lipinski definition) is 3. The van der Waals surface area contributed by atoms with E-state index in [1.807, 2.05) is 6.92 Å². The summed E-state index contributed by atoms with van der Waals surface area (Å²) in [6, 6.07) is 0. The molecule has 1 saturated heterocycles. The molecule has 18 heavy (non-hydrogen) atoms. The highest BCUT2D eigenvalue weighted by Gasteiger charge is 2.32. The minimum absolute atomic E-state index is 0.114. The molecule has 0 aromatic carbocycles. The molecule has 2 aliphatic rings. The third kappa shape index (κ3) is 3.69. The van der Waals surface area contributed by atoms with Crippen molar-refractivity contribution >= 4 is 5.91 Å². The highest BCUT2D eigenvalue weighted by Crippen LogP contribution is 2.32. The first-order valence-corrected chi connectivity index (χ1v) is 7.24. The van der Waals surface area contributed by atoms with Gasteiger partial charge in [0.1, 0.15) is 0 Å². The molecule has 1 unspecified atom stereocenters. The first kappa shape index (κ1) is 13.8. The summed E-state index contributed by atoms with van der Waals surface area (Å²) in [4.78, 5) is 11.8. The molecule has 1 aliphatic carbocycles. The van der Waals surface area contributed by atoms with Crippen LogP contribution >= 0.6 is 0 Å². The molecule has 0 bridgehead atoms. The van der Waals surface area contributed by atoms with Crippen molar-refractivity contribution in [2.75, 3.05) is 19.7 Å². The molecule has 0 radical (unpaired) electrons. The second-order valence-corrected chi connectivity index (χ2v) is 5.99. The Morgan fingerprint density at radius 1 is 1.50 bits per heavy atom. The Hall–Kier alpha value is -0.610. The largest absolute Gasteiger partial charge is 0.378 e. The summed E-state index contributed by atoms with van der Waals surface area (Å²) < 4.78 is 5.51. The molecule has 4 heteroatoms. The molecule has 0 aromatic heterocycles. The fraction of sp³-hybridized carbons (Fsp3) is 0.929. The van der Waals surface area contributed by atoms with Gasteiger partial charge in [-0.3, -0.25) is 4.79 Å². The summed E-state index contributed by atoms with van der Waals surface area (Å²) in [6.45, 7) is 6.83. The van der Waals surface area contributed by atoms with Gasteiger partial charge in [-0.15, -0.1) is 0 Å². The van der Waals surface area contributed by atoms with Gasteiger partial charge in [0, 0.05) is 25.1 Å². The van der Waals surface area contributed by atoms with Crippen molar-refractivity contribution in [2.45, 2.75) is 57.6 Å². The van der Waals surface area contributed by atoms with Gasteiger partial charge in [-0.2, -0.15) is 0 Å². The van der Waals surface area contributed by atoms with E-state index in [1.54, 1.807) is 0 Å². The molecular formula is C14H26N2O2. The molecule has 1 saturated carbocycles. The molecule has 1 aliphatic heterocycles. The molecule has 0 aromatic rings. The normalized spacial score (nSPS) is 35.2. The average molecular weight is 254 g/mol. The topological polar surface area (TPSA) is 50.4 Å². The Labute approximate surface area is 110 Å². The van der Waals surface area contributed by atoms with E-state index in [0.29, 0.717) is 18.4 Å². The number of amides is 1. The Kier molecular flexibility index (Phi) is 4.62. The van der Waals surface area contributed by atoms with E-state index in [2.05, 4.69) is 17.6 Å². The number of carbonyl (C=O) groups is 1. The predicted octanol–water partition coefficient (Wildman–Crippen LogP) is 1.45. The van der Waals surface area contributed by atoms with E-state index < -0.39 is 0 Å². The number of carbonyl (C=O) groups excluding carboxylic acids is 1. The maximum Gasteiger partial charge on any atom is 0.220 e. The van der Waals surface area contributed by atoms with Crippen LogP contribution in [-0.2, 0) is 9.53 Å². The number of nitrogens with one attached hydrogen (secondary N) is 2. The molecule has 1 atom stereocenters. The lowest BCUT2D eigenvalue weighted by molar-refractivity contribution is -0.124. The number of hydrogen-bond donors (Lipinski definition) is 2. The van der Waals surface area contributed by atoms with Crippen LogP contribution in [0.2, 0.25) is 0 Å². The van der Waals surface area contributed by atoms with E-state index in [0.717, 1.165) is 39.0 Å². The molecule has 2 N–H and O–H groups in total. The third-order valence-corrected chi connectivity index (χ3v) is 4.20. The zero-order valence-electron chi connectivity index (χ0n) is 11.6. The second-order valence-electron chi connectivity index (χ2n) is 5.99. The number of ether oxygens (including phenoxy) is 1. The van der Waals surface area contributed by atoms with Gasteiger partial charge in [-0.25, -0.2) is 0 Å². The van der Waals surface area contributed by atoms with Gasteiger partial charge in [0.25, 0.3) is 0 Å². The van der Waals surface area contributed by atoms with Crippen molar-refractivity contribution in [3.63, 3.8) is 0 Å².